The summed E-state index contributed by atoms with van der Waals surface area (Å²) in [5.41, 5.74) is 0.220. The Balaban J connectivity index is 3.01. The lowest BCUT2D eigenvalue weighted by Gasteiger charge is -1.87. The highest BCUT2D eigenvalue weighted by Crippen LogP contribution is 2.30. The monoisotopic (exact) mass is 175 g/mol. The Bertz CT molecular complexity index is 246. The Morgan fingerprint density at radius 2 is 2.40 bits per heavy atom. The Labute approximate surface area is 66.2 Å². The molecule has 0 aliphatic heterocycles. The third-order valence-corrected chi connectivity index (χ3v) is 2.67. The fourth-order valence-electron chi connectivity index (χ4n) is 0.564. The van der Waals surface area contributed by atoms with Crippen molar-refractivity contribution >= 4 is 28.8 Å². The highest BCUT2D eigenvalue weighted by Gasteiger charge is 2.12. The van der Waals surface area contributed by atoms with Gasteiger partial charge in [0.05, 0.1) is 15.2 Å². The van der Waals surface area contributed by atoms with Gasteiger partial charge >= 0.3 is 0 Å². The second-order valence-corrected chi connectivity index (χ2v) is 3.17. The first-order valence-electron chi connectivity index (χ1n) is 2.50. The van der Waals surface area contributed by atoms with Crippen molar-refractivity contribution in [1.29, 1.82) is 0 Å². The number of nitro groups is 1. The third-order valence-electron chi connectivity index (χ3n) is 1.02. The van der Waals surface area contributed by atoms with E-state index in [1.807, 2.05) is 6.26 Å². The molecule has 0 bridgehead atoms. The summed E-state index contributed by atoms with van der Waals surface area (Å²) in [6, 6.07) is 0. The number of nitrogens with zero attached hydrogens (tertiary/aromatic N) is 1. The van der Waals surface area contributed by atoms with Crippen LogP contribution >= 0.6 is 23.1 Å². The SMILES string of the molecule is CSc1cscc1[N+](=O)[O-]. The minimum atomic E-state index is -0.359. The zero-order valence-corrected chi connectivity index (χ0v) is 6.87. The van der Waals surface area contributed by atoms with Crippen molar-refractivity contribution in [2.75, 3.05) is 6.26 Å². The molecule has 54 valence electrons. The quantitative estimate of drug-likeness (QED) is 0.393. The van der Waals surface area contributed by atoms with Gasteiger partial charge in [-0.1, -0.05) is 0 Å². The summed E-state index contributed by atoms with van der Waals surface area (Å²) in [7, 11) is 0. The van der Waals surface area contributed by atoms with E-state index in [9.17, 15) is 10.1 Å². The van der Waals surface area contributed by atoms with E-state index in [1.54, 1.807) is 10.8 Å². The summed E-state index contributed by atoms with van der Waals surface area (Å²) < 4.78 is 0. The van der Waals surface area contributed by atoms with Gasteiger partial charge in [-0.25, -0.2) is 0 Å². The van der Waals surface area contributed by atoms with Crippen molar-refractivity contribution in [3.8, 4) is 0 Å². The maximum atomic E-state index is 10.2. The molecule has 1 aromatic heterocycles. The van der Waals surface area contributed by atoms with Crippen molar-refractivity contribution in [3.63, 3.8) is 0 Å². The summed E-state index contributed by atoms with van der Waals surface area (Å²) in [6.45, 7) is 0. The molecule has 0 spiro atoms. The normalized spacial score (nSPS) is 9.70. The van der Waals surface area contributed by atoms with Gasteiger partial charge in [0.15, 0.2) is 0 Å². The zero-order valence-electron chi connectivity index (χ0n) is 5.23. The lowest BCUT2D eigenvalue weighted by atomic mass is 10.5. The first-order chi connectivity index (χ1) is 4.75. The van der Waals surface area contributed by atoms with Crippen molar-refractivity contribution in [1.82, 2.24) is 0 Å². The molecule has 3 nitrogen and oxygen atoms in total. The molecule has 0 aromatic carbocycles. The molecule has 0 aliphatic rings. The molecule has 0 saturated heterocycles. The Morgan fingerprint density at radius 1 is 1.70 bits per heavy atom. The number of thiophene rings is 1. The van der Waals surface area contributed by atoms with Crippen LogP contribution in [0.2, 0.25) is 0 Å². The maximum Gasteiger partial charge on any atom is 0.293 e. The van der Waals surface area contributed by atoms with Gasteiger partial charge < -0.3 is 0 Å². The van der Waals surface area contributed by atoms with Crippen molar-refractivity contribution in [2.45, 2.75) is 4.90 Å². The standard InChI is InChI=1S/C5H5NO2S2/c1-9-5-3-10-2-4(5)6(7)8/h2-3H,1H3. The topological polar surface area (TPSA) is 43.1 Å². The van der Waals surface area contributed by atoms with Crippen LogP contribution in [0.25, 0.3) is 0 Å². The molecular formula is C5H5NO2S2. The van der Waals surface area contributed by atoms with Gasteiger partial charge in [0, 0.05) is 5.38 Å². The molecule has 0 saturated carbocycles. The number of thioether (sulfide) groups is 1. The first-order valence-corrected chi connectivity index (χ1v) is 4.67. The lowest BCUT2D eigenvalue weighted by molar-refractivity contribution is -0.387. The number of hydrogen-bond acceptors (Lipinski definition) is 4. The molecule has 0 unspecified atom stereocenters. The van der Waals surface area contributed by atoms with E-state index in [4.69, 9.17) is 0 Å². The van der Waals surface area contributed by atoms with Gasteiger partial charge in [-0.05, 0) is 6.26 Å². The highest BCUT2D eigenvalue weighted by atomic mass is 32.2. The van der Waals surface area contributed by atoms with Gasteiger partial charge in [-0.2, -0.15) is 0 Å². The lowest BCUT2D eigenvalue weighted by Crippen LogP contribution is -1.85. The smallest absolute Gasteiger partial charge is 0.258 e. The predicted molar refractivity (Wildman–Crippen MR) is 42.8 cm³/mol. The molecule has 0 amide bonds. The fourth-order valence-corrected chi connectivity index (χ4v) is 2.19. The van der Waals surface area contributed by atoms with Crippen LogP contribution in [-0.2, 0) is 0 Å². The van der Waals surface area contributed by atoms with Gasteiger partial charge in [-0.3, -0.25) is 10.1 Å². The summed E-state index contributed by atoms with van der Waals surface area (Å²) in [5, 5.41) is 13.6. The molecule has 1 rings (SSSR count). The minimum absolute atomic E-state index is 0.220. The van der Waals surface area contributed by atoms with E-state index in [0.717, 1.165) is 4.90 Å². The maximum absolute atomic E-state index is 10.2. The van der Waals surface area contributed by atoms with Crippen LogP contribution in [0.4, 0.5) is 5.69 Å². The Hall–Kier alpha value is -0.550. The van der Waals surface area contributed by atoms with Crippen LogP contribution in [-0.4, -0.2) is 11.2 Å². The number of hydrogen-bond donors (Lipinski definition) is 0. The van der Waals surface area contributed by atoms with Gasteiger partial charge in [0.25, 0.3) is 5.69 Å². The summed E-state index contributed by atoms with van der Waals surface area (Å²) in [5.74, 6) is 0. The van der Waals surface area contributed by atoms with Crippen LogP contribution in [0.1, 0.15) is 0 Å². The van der Waals surface area contributed by atoms with E-state index >= 15 is 0 Å². The molecule has 1 heterocycles. The first kappa shape index (κ1) is 7.56. The van der Waals surface area contributed by atoms with Crippen LogP contribution in [0.3, 0.4) is 0 Å². The van der Waals surface area contributed by atoms with Crippen molar-refractivity contribution in [3.05, 3.63) is 20.9 Å². The fraction of sp³-hybridized carbons (Fsp3) is 0.200. The third kappa shape index (κ3) is 1.30. The van der Waals surface area contributed by atoms with Crippen molar-refractivity contribution < 1.29 is 4.92 Å². The van der Waals surface area contributed by atoms with Crippen molar-refractivity contribution in [2.24, 2.45) is 0 Å². The van der Waals surface area contributed by atoms with Gasteiger partial charge in [0.1, 0.15) is 0 Å². The van der Waals surface area contributed by atoms with E-state index in [2.05, 4.69) is 0 Å². The second-order valence-electron chi connectivity index (χ2n) is 1.58. The molecule has 0 fully saturated rings. The molecule has 0 radical (unpaired) electrons. The molecule has 0 aliphatic carbocycles. The predicted octanol–water partition coefficient (Wildman–Crippen LogP) is 2.38. The molecule has 0 atom stereocenters. The summed E-state index contributed by atoms with van der Waals surface area (Å²) in [4.78, 5) is 10.6. The molecule has 5 heteroatoms. The zero-order chi connectivity index (χ0) is 7.56. The van der Waals surface area contributed by atoms with E-state index in [-0.39, 0.29) is 10.6 Å². The molecule has 0 N–H and O–H groups in total. The van der Waals surface area contributed by atoms with Gasteiger partial charge in [-0.15, -0.1) is 23.1 Å². The van der Waals surface area contributed by atoms with E-state index in [0.29, 0.717) is 0 Å². The second kappa shape index (κ2) is 3.03. The minimum Gasteiger partial charge on any atom is -0.258 e. The van der Waals surface area contributed by atoms with Crippen LogP contribution in [0.5, 0.6) is 0 Å². The molecule has 10 heavy (non-hydrogen) atoms. The van der Waals surface area contributed by atoms with Crippen LogP contribution in [0, 0.1) is 10.1 Å². The highest BCUT2D eigenvalue weighted by molar-refractivity contribution is 7.98. The van der Waals surface area contributed by atoms with E-state index in [1.165, 1.54) is 23.1 Å². The average molecular weight is 175 g/mol. The molecule has 1 aromatic rings. The van der Waals surface area contributed by atoms with Gasteiger partial charge in [0.2, 0.25) is 0 Å². The summed E-state index contributed by atoms with van der Waals surface area (Å²) >= 11 is 2.76. The van der Waals surface area contributed by atoms with Crippen LogP contribution < -0.4 is 0 Å². The Morgan fingerprint density at radius 3 is 2.80 bits per heavy atom. The summed E-state index contributed by atoms with van der Waals surface area (Å²) in [6.07, 6.45) is 1.83. The Kier molecular flexibility index (Phi) is 2.29. The number of rotatable bonds is 2. The van der Waals surface area contributed by atoms with Crippen LogP contribution in [0.15, 0.2) is 15.7 Å². The average Bonchev–Trinajstić information content (AvgIpc) is 2.33. The van der Waals surface area contributed by atoms with E-state index < -0.39 is 0 Å². The largest absolute Gasteiger partial charge is 0.293 e. The molecular weight excluding hydrogens is 170 g/mol.